The third-order valence-corrected chi connectivity index (χ3v) is 4.41. The van der Waals surface area contributed by atoms with Crippen LogP contribution in [0, 0.1) is 17.8 Å². The van der Waals surface area contributed by atoms with E-state index >= 15 is 0 Å². The van der Waals surface area contributed by atoms with Crippen LogP contribution in [0.15, 0.2) is 12.2 Å². The smallest absolute Gasteiger partial charge is 0.207 e. The molecule has 2 rings (SSSR count). The lowest BCUT2D eigenvalue weighted by molar-refractivity contribution is -0.0448. The maximum atomic E-state index is 12.0. The Kier molecular flexibility index (Phi) is 2.78. The van der Waals surface area contributed by atoms with E-state index in [1.807, 2.05) is 6.08 Å². The highest BCUT2D eigenvalue weighted by atomic mass is 32.2. The van der Waals surface area contributed by atoms with Crippen molar-refractivity contribution in [1.29, 1.82) is 0 Å². The Morgan fingerprint density at radius 2 is 1.94 bits per heavy atom. The van der Waals surface area contributed by atoms with Gasteiger partial charge in [0.1, 0.15) is 0 Å². The van der Waals surface area contributed by atoms with Crippen LogP contribution in [-0.4, -0.2) is 20.5 Å². The summed E-state index contributed by atoms with van der Waals surface area (Å²) in [4.78, 5) is 0. The molecule has 0 saturated heterocycles. The first-order chi connectivity index (χ1) is 7.29. The van der Waals surface area contributed by atoms with E-state index in [9.17, 15) is 21.6 Å². The Balaban J connectivity index is 1.92. The van der Waals surface area contributed by atoms with Gasteiger partial charge >= 0.3 is 15.5 Å². The molecule has 0 aromatic rings. The zero-order valence-corrected chi connectivity index (χ0v) is 9.18. The quantitative estimate of drug-likeness (QED) is 0.779. The van der Waals surface area contributed by atoms with E-state index in [1.54, 1.807) is 4.72 Å². The highest BCUT2D eigenvalue weighted by molar-refractivity contribution is 7.90. The van der Waals surface area contributed by atoms with Gasteiger partial charge in [0, 0.05) is 6.54 Å². The van der Waals surface area contributed by atoms with Gasteiger partial charge in [0.05, 0.1) is 0 Å². The molecule has 92 valence electrons. The summed E-state index contributed by atoms with van der Waals surface area (Å²) < 4.78 is 59.3. The van der Waals surface area contributed by atoms with Crippen molar-refractivity contribution in [3.05, 3.63) is 12.2 Å². The lowest BCUT2D eigenvalue weighted by Crippen LogP contribution is -2.39. The zero-order valence-electron chi connectivity index (χ0n) is 8.37. The predicted molar refractivity (Wildman–Crippen MR) is 51.8 cm³/mol. The van der Waals surface area contributed by atoms with E-state index in [0.717, 1.165) is 12.8 Å². The maximum Gasteiger partial charge on any atom is 0.511 e. The molecule has 0 aromatic heterocycles. The lowest BCUT2D eigenvalue weighted by atomic mass is 9.94. The number of sulfonamides is 1. The Morgan fingerprint density at radius 3 is 2.38 bits per heavy atom. The fourth-order valence-corrected chi connectivity index (χ4v) is 3.03. The van der Waals surface area contributed by atoms with Crippen molar-refractivity contribution in [3.63, 3.8) is 0 Å². The summed E-state index contributed by atoms with van der Waals surface area (Å²) in [5, 5.41) is 0. The van der Waals surface area contributed by atoms with E-state index in [4.69, 9.17) is 0 Å². The van der Waals surface area contributed by atoms with Crippen molar-refractivity contribution < 1.29 is 21.6 Å². The number of nitrogens with one attached hydrogen (secondary N) is 1. The van der Waals surface area contributed by atoms with Crippen LogP contribution < -0.4 is 4.72 Å². The molecule has 1 N–H and O–H groups in total. The third kappa shape index (κ3) is 2.10. The zero-order chi connectivity index (χ0) is 12.0. The number of alkyl halides is 3. The van der Waals surface area contributed by atoms with Gasteiger partial charge in [-0.1, -0.05) is 12.2 Å². The van der Waals surface area contributed by atoms with Crippen LogP contribution in [0.1, 0.15) is 12.8 Å². The highest BCUT2D eigenvalue weighted by Crippen LogP contribution is 2.43. The number of allylic oxidation sites excluding steroid dienone is 2. The van der Waals surface area contributed by atoms with Crippen molar-refractivity contribution >= 4 is 10.0 Å². The molecule has 2 aliphatic rings. The number of hydrogen-bond acceptors (Lipinski definition) is 2. The Hall–Kier alpha value is -0.560. The van der Waals surface area contributed by atoms with Crippen LogP contribution in [-0.2, 0) is 10.0 Å². The fourth-order valence-electron chi connectivity index (χ4n) is 2.43. The third-order valence-electron chi connectivity index (χ3n) is 3.26. The molecule has 0 aliphatic heterocycles. The Morgan fingerprint density at radius 1 is 1.25 bits per heavy atom. The van der Waals surface area contributed by atoms with Gasteiger partial charge in [-0.2, -0.15) is 13.2 Å². The SMILES string of the molecule is O=S(=O)(NCC1CC2C=CC1C2)C(F)(F)F. The van der Waals surface area contributed by atoms with Gasteiger partial charge in [-0.25, -0.2) is 13.1 Å². The Labute approximate surface area is 91.8 Å². The lowest BCUT2D eigenvalue weighted by Gasteiger charge is -2.18. The van der Waals surface area contributed by atoms with E-state index in [1.165, 1.54) is 0 Å². The molecular weight excluding hydrogens is 243 g/mol. The number of halogens is 3. The number of hydrogen-bond donors (Lipinski definition) is 1. The number of fused-ring (bicyclic) bond motifs is 2. The molecule has 1 fully saturated rings. The monoisotopic (exact) mass is 255 g/mol. The molecule has 7 heteroatoms. The molecule has 0 radical (unpaired) electrons. The van der Waals surface area contributed by atoms with Crippen LogP contribution in [0.5, 0.6) is 0 Å². The van der Waals surface area contributed by atoms with Gasteiger partial charge in [0.25, 0.3) is 0 Å². The first kappa shape index (κ1) is 11.9. The van der Waals surface area contributed by atoms with Crippen molar-refractivity contribution in [2.75, 3.05) is 6.54 Å². The molecule has 0 aromatic carbocycles. The van der Waals surface area contributed by atoms with Gasteiger partial charge < -0.3 is 0 Å². The summed E-state index contributed by atoms with van der Waals surface area (Å²) in [7, 11) is -5.18. The summed E-state index contributed by atoms with van der Waals surface area (Å²) in [6.45, 7) is -0.118. The standard InChI is InChI=1S/C9H12F3NO2S/c10-9(11,12)16(14,15)13-5-8-4-6-1-2-7(8)3-6/h1-2,6-8,13H,3-5H2. The highest BCUT2D eigenvalue weighted by Gasteiger charge is 2.46. The van der Waals surface area contributed by atoms with Crippen LogP contribution >= 0.6 is 0 Å². The van der Waals surface area contributed by atoms with Gasteiger partial charge in [-0.3, -0.25) is 0 Å². The average molecular weight is 255 g/mol. The first-order valence-corrected chi connectivity index (χ1v) is 6.52. The molecule has 3 atom stereocenters. The van der Waals surface area contributed by atoms with Crippen molar-refractivity contribution in [2.45, 2.75) is 18.3 Å². The second-order valence-corrected chi connectivity index (χ2v) is 6.10. The molecule has 1 saturated carbocycles. The summed E-state index contributed by atoms with van der Waals surface area (Å²) >= 11 is 0. The van der Waals surface area contributed by atoms with Crippen LogP contribution in [0.25, 0.3) is 0 Å². The topological polar surface area (TPSA) is 46.2 Å². The molecule has 0 heterocycles. The van der Waals surface area contributed by atoms with Crippen LogP contribution in [0.4, 0.5) is 13.2 Å². The van der Waals surface area contributed by atoms with E-state index in [0.29, 0.717) is 5.92 Å². The van der Waals surface area contributed by atoms with E-state index < -0.39 is 15.5 Å². The molecule has 3 unspecified atom stereocenters. The van der Waals surface area contributed by atoms with E-state index in [-0.39, 0.29) is 18.4 Å². The fraction of sp³-hybridized carbons (Fsp3) is 0.778. The molecule has 16 heavy (non-hydrogen) atoms. The predicted octanol–water partition coefficient (Wildman–Crippen LogP) is 1.64. The Bertz CT molecular complexity index is 401. The first-order valence-electron chi connectivity index (χ1n) is 5.04. The van der Waals surface area contributed by atoms with E-state index in [2.05, 4.69) is 6.08 Å². The normalized spacial score (nSPS) is 33.6. The second kappa shape index (κ2) is 3.73. The molecular formula is C9H12F3NO2S. The molecule has 0 amide bonds. The molecule has 0 spiro atoms. The number of rotatable bonds is 3. The minimum atomic E-state index is -5.21. The van der Waals surface area contributed by atoms with Gasteiger partial charge in [-0.05, 0) is 30.6 Å². The average Bonchev–Trinajstić information content (AvgIpc) is 2.73. The minimum Gasteiger partial charge on any atom is -0.207 e. The second-order valence-electron chi connectivity index (χ2n) is 4.34. The van der Waals surface area contributed by atoms with Crippen LogP contribution in [0.2, 0.25) is 0 Å². The molecule has 2 bridgehead atoms. The largest absolute Gasteiger partial charge is 0.511 e. The van der Waals surface area contributed by atoms with Gasteiger partial charge in [-0.15, -0.1) is 0 Å². The van der Waals surface area contributed by atoms with Gasteiger partial charge in [0.2, 0.25) is 0 Å². The van der Waals surface area contributed by atoms with Crippen molar-refractivity contribution in [3.8, 4) is 0 Å². The van der Waals surface area contributed by atoms with Crippen LogP contribution in [0.3, 0.4) is 0 Å². The molecule has 2 aliphatic carbocycles. The minimum absolute atomic E-state index is 0.00660. The van der Waals surface area contributed by atoms with Crippen molar-refractivity contribution in [1.82, 2.24) is 4.72 Å². The summed E-state index contributed by atoms with van der Waals surface area (Å²) in [5.74, 6) is 0.665. The molecule has 3 nitrogen and oxygen atoms in total. The summed E-state index contributed by atoms with van der Waals surface area (Å²) in [5.41, 5.74) is -5.21. The summed E-state index contributed by atoms with van der Waals surface area (Å²) in [6, 6.07) is 0. The van der Waals surface area contributed by atoms with Crippen molar-refractivity contribution in [2.24, 2.45) is 17.8 Å². The maximum absolute atomic E-state index is 12.0. The summed E-state index contributed by atoms with van der Waals surface area (Å²) in [6.07, 6.45) is 5.75. The van der Waals surface area contributed by atoms with Gasteiger partial charge in [0.15, 0.2) is 0 Å².